The molecular weight excluding hydrogens is 642 g/mol. The van der Waals surface area contributed by atoms with Crippen LogP contribution in [0.2, 0.25) is 0 Å². The van der Waals surface area contributed by atoms with Crippen molar-refractivity contribution in [2.24, 2.45) is 56.7 Å². The van der Waals surface area contributed by atoms with Crippen LogP contribution in [0.15, 0.2) is 11.1 Å². The van der Waals surface area contributed by atoms with Crippen molar-refractivity contribution >= 4 is 23.8 Å². The summed E-state index contributed by atoms with van der Waals surface area (Å²) in [5.74, 6) is 0.377. The van der Waals surface area contributed by atoms with Gasteiger partial charge in [0.1, 0.15) is 6.10 Å². The van der Waals surface area contributed by atoms with Crippen LogP contribution < -0.4 is 5.32 Å². The summed E-state index contributed by atoms with van der Waals surface area (Å²) >= 11 is 0. The van der Waals surface area contributed by atoms with E-state index in [1.807, 2.05) is 0 Å². The van der Waals surface area contributed by atoms with Crippen molar-refractivity contribution in [2.45, 2.75) is 170 Å². The van der Waals surface area contributed by atoms with E-state index in [9.17, 15) is 24.3 Å². The van der Waals surface area contributed by atoms with Gasteiger partial charge in [0.2, 0.25) is 0 Å². The fourth-order valence-corrected chi connectivity index (χ4v) is 13.4. The predicted octanol–water partition coefficient (Wildman–Crippen LogP) is 9.44. The van der Waals surface area contributed by atoms with Crippen molar-refractivity contribution < 1.29 is 33.8 Å². The van der Waals surface area contributed by atoms with E-state index < -0.39 is 22.9 Å². The first kappa shape index (κ1) is 38.3. The minimum atomic E-state index is -1.16. The molecule has 51 heavy (non-hydrogen) atoms. The largest absolute Gasteiger partial charge is 0.481 e. The molecule has 6 rings (SSSR count). The number of nitrogens with one attached hydrogen (secondary N) is 1. The van der Waals surface area contributed by atoms with Gasteiger partial charge in [0.05, 0.1) is 24.0 Å². The summed E-state index contributed by atoms with van der Waals surface area (Å²) in [5, 5.41) is 13.0. The number of fused-ring (bicyclic) bond motifs is 7. The van der Waals surface area contributed by atoms with Gasteiger partial charge >= 0.3 is 18.0 Å². The number of ether oxygens (including phenoxy) is 2. The lowest BCUT2D eigenvalue weighted by atomic mass is 9.33. The third kappa shape index (κ3) is 6.18. The number of esters is 1. The Labute approximate surface area is 307 Å². The Morgan fingerprint density at radius 2 is 1.55 bits per heavy atom. The summed E-state index contributed by atoms with van der Waals surface area (Å²) in [4.78, 5) is 52.3. The minimum Gasteiger partial charge on any atom is -0.481 e. The van der Waals surface area contributed by atoms with Crippen molar-refractivity contribution in [2.75, 3.05) is 6.61 Å². The lowest BCUT2D eigenvalue weighted by molar-refractivity contribution is -0.232. The molecule has 1 amide bonds. The molecule has 286 valence electrons. The van der Waals surface area contributed by atoms with E-state index in [4.69, 9.17) is 9.47 Å². The number of Topliss-reactive ketones (excluding diaryl/α,β-unsaturated/α-hetero) is 1. The van der Waals surface area contributed by atoms with Crippen LogP contribution in [0.5, 0.6) is 0 Å². The van der Waals surface area contributed by atoms with Gasteiger partial charge in [-0.2, -0.15) is 0 Å². The number of allylic oxidation sites excluding steroid dienone is 1. The second-order valence-electron chi connectivity index (χ2n) is 20.2. The maximum atomic E-state index is 13.9. The summed E-state index contributed by atoms with van der Waals surface area (Å²) in [6.45, 7) is 20.0. The Morgan fingerprint density at radius 1 is 0.863 bits per heavy atom. The van der Waals surface area contributed by atoms with E-state index in [1.165, 1.54) is 24.8 Å². The average molecular weight is 710 g/mol. The number of hydrogen-bond acceptors (Lipinski definition) is 6. The smallest absolute Gasteiger partial charge is 0.407 e. The summed E-state index contributed by atoms with van der Waals surface area (Å²) in [6, 6.07) is 0. The van der Waals surface area contributed by atoms with Crippen molar-refractivity contribution in [3.63, 3.8) is 0 Å². The van der Waals surface area contributed by atoms with E-state index >= 15 is 0 Å². The first-order valence-electron chi connectivity index (χ1n) is 20.4. The van der Waals surface area contributed by atoms with Crippen LogP contribution in [0.1, 0.15) is 159 Å². The Hall–Kier alpha value is -2.38. The van der Waals surface area contributed by atoms with Crippen LogP contribution in [0.4, 0.5) is 4.79 Å². The molecule has 5 saturated carbocycles. The van der Waals surface area contributed by atoms with Gasteiger partial charge < -0.3 is 19.9 Å². The van der Waals surface area contributed by atoms with Crippen LogP contribution in [0.3, 0.4) is 0 Å². The van der Waals surface area contributed by atoms with Gasteiger partial charge in [-0.15, -0.1) is 0 Å². The standard InChI is InChI=1S/C43H67NO7/c1-26(2)34-29(45)23-43(44-37(49)50-25-27-13-11-10-12-14-27)22-21-41(8)28(35(34)43)15-16-31-40(7)19-18-32(51-33(46)24-38(3,4)36(47)48)39(5,6)30(40)17-20-42(31,41)9/h26-28,30-32H,10-25H2,1-9H3,(H,44,49)(H,47,48)/t28?,30?,31?,32-,40?,41+,42?,43+/m0/s1. The maximum absolute atomic E-state index is 13.9. The third-order valence-corrected chi connectivity index (χ3v) is 16.3. The van der Waals surface area contributed by atoms with Gasteiger partial charge in [0, 0.05) is 11.8 Å². The lowest BCUT2D eigenvalue weighted by Crippen LogP contribution is -2.67. The zero-order valence-electron chi connectivity index (χ0n) is 33.2. The predicted molar refractivity (Wildman–Crippen MR) is 197 cm³/mol. The van der Waals surface area contributed by atoms with Crippen molar-refractivity contribution in [1.29, 1.82) is 0 Å². The molecule has 5 fully saturated rings. The van der Waals surface area contributed by atoms with Gasteiger partial charge in [0.15, 0.2) is 5.78 Å². The van der Waals surface area contributed by atoms with E-state index in [0.29, 0.717) is 30.8 Å². The molecule has 0 aromatic carbocycles. The van der Waals surface area contributed by atoms with Crippen molar-refractivity contribution in [3.05, 3.63) is 11.1 Å². The Balaban J connectivity index is 1.25. The molecule has 6 aliphatic rings. The monoisotopic (exact) mass is 709 g/mol. The van der Waals surface area contributed by atoms with E-state index in [-0.39, 0.29) is 57.9 Å². The fourth-order valence-electron chi connectivity index (χ4n) is 13.4. The molecule has 8 atom stereocenters. The van der Waals surface area contributed by atoms with Gasteiger partial charge in [-0.3, -0.25) is 14.4 Å². The Bertz CT molecular complexity index is 1460. The zero-order valence-corrected chi connectivity index (χ0v) is 33.2. The van der Waals surface area contributed by atoms with E-state index in [0.717, 1.165) is 69.8 Å². The highest BCUT2D eigenvalue weighted by Gasteiger charge is 2.70. The molecule has 0 saturated heterocycles. The van der Waals surface area contributed by atoms with Gasteiger partial charge in [-0.05, 0) is 135 Å². The SMILES string of the molecule is CC(C)C1=C2C3CCC4C5(C)CC[C@H](OC(=O)CC(C)(C)C(=O)O)C(C)(C)C5CCC4(C)[C@]3(C)CC[C@@]2(NC(=O)OCC2CCCCC2)CC1=O. The molecule has 0 radical (unpaired) electrons. The zero-order chi connectivity index (χ0) is 37.4. The maximum Gasteiger partial charge on any atom is 0.407 e. The van der Waals surface area contributed by atoms with E-state index in [1.54, 1.807) is 13.8 Å². The van der Waals surface area contributed by atoms with Crippen molar-refractivity contribution in [1.82, 2.24) is 5.32 Å². The Kier molecular flexibility index (Phi) is 9.91. The number of hydrogen-bond donors (Lipinski definition) is 2. The molecule has 0 heterocycles. The van der Waals surface area contributed by atoms with Gasteiger partial charge in [0.25, 0.3) is 0 Å². The summed E-state index contributed by atoms with van der Waals surface area (Å²) < 4.78 is 12.1. The third-order valence-electron chi connectivity index (χ3n) is 16.3. The average Bonchev–Trinajstić information content (AvgIpc) is 3.33. The number of rotatable bonds is 8. The first-order chi connectivity index (χ1) is 23.7. The number of amides is 1. The molecular formula is C43H67NO7. The number of alkyl carbamates (subject to hydrolysis) is 1. The lowest BCUT2D eigenvalue weighted by Gasteiger charge is -2.72. The first-order valence-corrected chi connectivity index (χ1v) is 20.4. The highest BCUT2D eigenvalue weighted by Crippen LogP contribution is 2.76. The second-order valence-corrected chi connectivity index (χ2v) is 20.2. The second kappa shape index (κ2) is 13.2. The van der Waals surface area contributed by atoms with Crippen LogP contribution in [-0.4, -0.2) is 47.2 Å². The molecule has 6 aliphatic carbocycles. The van der Waals surface area contributed by atoms with Crippen LogP contribution >= 0.6 is 0 Å². The molecule has 0 aromatic heterocycles. The van der Waals surface area contributed by atoms with Gasteiger partial charge in [-0.25, -0.2) is 4.79 Å². The number of carbonyl (C=O) groups excluding carboxylic acids is 3. The topological polar surface area (TPSA) is 119 Å². The minimum absolute atomic E-state index is 0.0307. The molecule has 0 spiro atoms. The summed E-state index contributed by atoms with van der Waals surface area (Å²) in [6.07, 6.45) is 13.2. The molecule has 8 heteroatoms. The summed E-state index contributed by atoms with van der Waals surface area (Å²) in [7, 11) is 0. The number of ketones is 1. The highest BCUT2D eigenvalue weighted by atomic mass is 16.6. The van der Waals surface area contributed by atoms with Crippen molar-refractivity contribution in [3.8, 4) is 0 Å². The molecule has 5 unspecified atom stereocenters. The fraction of sp³-hybridized carbons (Fsp3) is 0.860. The summed E-state index contributed by atoms with van der Waals surface area (Å²) in [5.41, 5.74) is 0.176. The molecule has 0 aromatic rings. The number of carboxylic acids is 1. The molecule has 2 N–H and O–H groups in total. The number of carbonyl (C=O) groups is 4. The van der Waals surface area contributed by atoms with Crippen LogP contribution in [-0.2, 0) is 23.9 Å². The van der Waals surface area contributed by atoms with Gasteiger partial charge in [-0.1, -0.05) is 67.7 Å². The number of aliphatic carboxylic acids is 1. The normalized spacial score (nSPS) is 39.4. The number of carboxylic acid groups (broad SMARTS) is 1. The molecule has 0 aliphatic heterocycles. The molecule has 8 nitrogen and oxygen atoms in total. The highest BCUT2D eigenvalue weighted by molar-refractivity contribution is 6.02. The molecule has 0 bridgehead atoms. The Morgan fingerprint density at radius 3 is 2.20 bits per heavy atom. The van der Waals surface area contributed by atoms with E-state index in [2.05, 4.69) is 53.8 Å². The van der Waals surface area contributed by atoms with Crippen LogP contribution in [0, 0.1) is 56.7 Å². The van der Waals surface area contributed by atoms with Crippen LogP contribution in [0.25, 0.3) is 0 Å². The quantitative estimate of drug-likeness (QED) is 0.241.